The van der Waals surface area contributed by atoms with Crippen molar-refractivity contribution in [3.05, 3.63) is 59.4 Å². The Morgan fingerprint density at radius 2 is 1.68 bits per heavy atom. The van der Waals surface area contributed by atoms with Crippen LogP contribution in [0.5, 0.6) is 0 Å². The van der Waals surface area contributed by atoms with Gasteiger partial charge in [0.2, 0.25) is 11.8 Å². The van der Waals surface area contributed by atoms with Crippen molar-refractivity contribution in [1.82, 2.24) is 4.90 Å². The normalized spacial score (nSPS) is 10.6. The van der Waals surface area contributed by atoms with Gasteiger partial charge in [-0.05, 0) is 50.7 Å². The number of rotatable bonds is 6. The minimum Gasteiger partial charge on any atom is -0.325 e. The molecule has 6 heteroatoms. The standard InChI is InChI=1S/C19H22FN3O2/c1-13-7-8-17(14(2)9-13)22-19(25)12-23(3)11-18(24)21-16-6-4-5-15(20)10-16/h4-10H,11-12H2,1-3H3,(H,21,24)(H,22,25). The summed E-state index contributed by atoms with van der Waals surface area (Å²) in [5, 5.41) is 5.44. The van der Waals surface area contributed by atoms with E-state index in [1.807, 2.05) is 32.0 Å². The number of carbonyl (C=O) groups is 2. The Bertz CT molecular complexity index is 777. The number of nitrogens with one attached hydrogen (secondary N) is 2. The topological polar surface area (TPSA) is 61.4 Å². The van der Waals surface area contributed by atoms with Crippen molar-refractivity contribution < 1.29 is 14.0 Å². The average Bonchev–Trinajstić information content (AvgIpc) is 2.49. The summed E-state index contributed by atoms with van der Waals surface area (Å²) in [7, 11) is 1.67. The monoisotopic (exact) mass is 343 g/mol. The first kappa shape index (κ1) is 18.6. The lowest BCUT2D eigenvalue weighted by Crippen LogP contribution is -2.36. The third-order valence-electron chi connectivity index (χ3n) is 3.59. The zero-order chi connectivity index (χ0) is 18.4. The van der Waals surface area contributed by atoms with Gasteiger partial charge in [-0.15, -0.1) is 0 Å². The Labute approximate surface area is 146 Å². The van der Waals surface area contributed by atoms with Crippen molar-refractivity contribution in [2.45, 2.75) is 13.8 Å². The molecule has 0 spiro atoms. The Balaban J connectivity index is 1.83. The fourth-order valence-corrected chi connectivity index (χ4v) is 2.46. The molecular formula is C19H22FN3O2. The number of nitrogens with zero attached hydrogens (tertiary/aromatic N) is 1. The van der Waals surface area contributed by atoms with Gasteiger partial charge in [0.1, 0.15) is 5.82 Å². The summed E-state index contributed by atoms with van der Waals surface area (Å²) < 4.78 is 13.1. The van der Waals surface area contributed by atoms with Gasteiger partial charge in [-0.3, -0.25) is 14.5 Å². The van der Waals surface area contributed by atoms with E-state index in [-0.39, 0.29) is 24.9 Å². The maximum absolute atomic E-state index is 13.1. The maximum atomic E-state index is 13.1. The summed E-state index contributed by atoms with van der Waals surface area (Å²) in [6.07, 6.45) is 0. The van der Waals surface area contributed by atoms with Gasteiger partial charge >= 0.3 is 0 Å². The minimum absolute atomic E-state index is 0.0246. The summed E-state index contributed by atoms with van der Waals surface area (Å²) in [6, 6.07) is 11.5. The number of anilines is 2. The van der Waals surface area contributed by atoms with Gasteiger partial charge in [-0.1, -0.05) is 23.8 Å². The van der Waals surface area contributed by atoms with Crippen LogP contribution in [-0.4, -0.2) is 36.9 Å². The second-order valence-electron chi connectivity index (χ2n) is 6.10. The fourth-order valence-electron chi connectivity index (χ4n) is 2.46. The molecule has 0 heterocycles. The fraction of sp³-hybridized carbons (Fsp3) is 0.263. The number of likely N-dealkylation sites (N-methyl/N-ethyl adjacent to an activating group) is 1. The number of amides is 2. The number of halogens is 1. The molecule has 0 aromatic heterocycles. The molecule has 0 aliphatic carbocycles. The van der Waals surface area contributed by atoms with E-state index in [0.29, 0.717) is 5.69 Å². The molecule has 2 rings (SSSR count). The minimum atomic E-state index is -0.418. The molecule has 0 aliphatic rings. The SMILES string of the molecule is Cc1ccc(NC(=O)CN(C)CC(=O)Nc2cccc(F)c2)c(C)c1. The highest BCUT2D eigenvalue weighted by atomic mass is 19.1. The van der Waals surface area contributed by atoms with E-state index in [1.165, 1.54) is 18.2 Å². The van der Waals surface area contributed by atoms with Crippen molar-refractivity contribution in [2.24, 2.45) is 0 Å². The molecular weight excluding hydrogens is 321 g/mol. The first-order chi connectivity index (χ1) is 11.8. The highest BCUT2D eigenvalue weighted by Gasteiger charge is 2.12. The lowest BCUT2D eigenvalue weighted by Gasteiger charge is -2.16. The second kappa shape index (κ2) is 8.39. The van der Waals surface area contributed by atoms with E-state index in [4.69, 9.17) is 0 Å². The highest BCUT2D eigenvalue weighted by molar-refractivity contribution is 5.95. The summed E-state index contributed by atoms with van der Waals surface area (Å²) in [5.74, 6) is -0.931. The van der Waals surface area contributed by atoms with Crippen LogP contribution in [-0.2, 0) is 9.59 Å². The van der Waals surface area contributed by atoms with Crippen molar-refractivity contribution in [2.75, 3.05) is 30.8 Å². The van der Waals surface area contributed by atoms with Crippen molar-refractivity contribution in [1.29, 1.82) is 0 Å². The molecule has 0 atom stereocenters. The van der Waals surface area contributed by atoms with Crippen LogP contribution in [0.15, 0.2) is 42.5 Å². The molecule has 0 saturated carbocycles. The molecule has 5 nitrogen and oxygen atoms in total. The van der Waals surface area contributed by atoms with E-state index in [1.54, 1.807) is 18.0 Å². The molecule has 25 heavy (non-hydrogen) atoms. The van der Waals surface area contributed by atoms with Crippen LogP contribution in [0.3, 0.4) is 0 Å². The molecule has 0 fully saturated rings. The molecule has 0 saturated heterocycles. The predicted molar refractivity (Wildman–Crippen MR) is 97.1 cm³/mol. The largest absolute Gasteiger partial charge is 0.325 e. The molecule has 0 aliphatic heterocycles. The molecule has 0 unspecified atom stereocenters. The van der Waals surface area contributed by atoms with Crippen molar-refractivity contribution >= 4 is 23.2 Å². The van der Waals surface area contributed by atoms with Crippen LogP contribution in [0.25, 0.3) is 0 Å². The van der Waals surface area contributed by atoms with Crippen LogP contribution in [0.4, 0.5) is 15.8 Å². The van der Waals surface area contributed by atoms with Gasteiger partial charge in [0.25, 0.3) is 0 Å². The summed E-state index contributed by atoms with van der Waals surface area (Å²) >= 11 is 0. The Kier molecular flexibility index (Phi) is 6.25. The van der Waals surface area contributed by atoms with Crippen LogP contribution >= 0.6 is 0 Å². The van der Waals surface area contributed by atoms with Crippen LogP contribution in [0.1, 0.15) is 11.1 Å². The third-order valence-corrected chi connectivity index (χ3v) is 3.59. The van der Waals surface area contributed by atoms with E-state index in [2.05, 4.69) is 10.6 Å². The number of hydrogen-bond donors (Lipinski definition) is 2. The summed E-state index contributed by atoms with van der Waals surface area (Å²) in [5.41, 5.74) is 3.26. The van der Waals surface area contributed by atoms with Crippen molar-refractivity contribution in [3.8, 4) is 0 Å². The second-order valence-corrected chi connectivity index (χ2v) is 6.10. The zero-order valence-electron chi connectivity index (χ0n) is 14.6. The van der Waals surface area contributed by atoms with E-state index < -0.39 is 5.82 Å². The number of hydrogen-bond acceptors (Lipinski definition) is 3. The average molecular weight is 343 g/mol. The number of carbonyl (C=O) groups excluding carboxylic acids is 2. The third kappa shape index (κ3) is 6.00. The van der Waals surface area contributed by atoms with Crippen LogP contribution in [0.2, 0.25) is 0 Å². The Morgan fingerprint density at radius 3 is 2.32 bits per heavy atom. The molecule has 132 valence electrons. The van der Waals surface area contributed by atoms with Gasteiger partial charge in [0.05, 0.1) is 13.1 Å². The highest BCUT2D eigenvalue weighted by Crippen LogP contribution is 2.15. The zero-order valence-corrected chi connectivity index (χ0v) is 14.6. The molecule has 2 amide bonds. The van der Waals surface area contributed by atoms with E-state index in [9.17, 15) is 14.0 Å². The first-order valence-electron chi connectivity index (χ1n) is 7.94. The van der Waals surface area contributed by atoms with Crippen LogP contribution < -0.4 is 10.6 Å². The Morgan fingerprint density at radius 1 is 1.00 bits per heavy atom. The lowest BCUT2D eigenvalue weighted by atomic mass is 10.1. The van der Waals surface area contributed by atoms with Crippen LogP contribution in [0, 0.1) is 19.7 Å². The number of benzene rings is 2. The molecule has 0 bridgehead atoms. The van der Waals surface area contributed by atoms with Crippen molar-refractivity contribution in [3.63, 3.8) is 0 Å². The van der Waals surface area contributed by atoms with Gasteiger partial charge in [-0.25, -0.2) is 4.39 Å². The molecule has 2 aromatic carbocycles. The lowest BCUT2D eigenvalue weighted by molar-refractivity contribution is -0.119. The molecule has 0 radical (unpaired) electrons. The smallest absolute Gasteiger partial charge is 0.238 e. The van der Waals surface area contributed by atoms with Gasteiger partial charge < -0.3 is 10.6 Å². The maximum Gasteiger partial charge on any atom is 0.238 e. The summed E-state index contributed by atoms with van der Waals surface area (Å²) in [6.45, 7) is 4.02. The van der Waals surface area contributed by atoms with Gasteiger partial charge in [0.15, 0.2) is 0 Å². The van der Waals surface area contributed by atoms with Gasteiger partial charge in [0, 0.05) is 11.4 Å². The first-order valence-corrected chi connectivity index (χ1v) is 7.94. The summed E-state index contributed by atoms with van der Waals surface area (Å²) in [4.78, 5) is 25.7. The van der Waals surface area contributed by atoms with Gasteiger partial charge in [-0.2, -0.15) is 0 Å². The molecule has 2 aromatic rings. The Hall–Kier alpha value is -2.73. The quantitative estimate of drug-likeness (QED) is 0.848. The van der Waals surface area contributed by atoms with E-state index >= 15 is 0 Å². The predicted octanol–water partition coefficient (Wildman–Crippen LogP) is 2.95. The van der Waals surface area contributed by atoms with E-state index in [0.717, 1.165) is 16.8 Å². The number of aryl methyl sites for hydroxylation is 2. The molecule has 2 N–H and O–H groups in total.